The van der Waals surface area contributed by atoms with Gasteiger partial charge in [0, 0.05) is 23.9 Å². The molecular formula is C18H21N5O3S. The van der Waals surface area contributed by atoms with Crippen LogP contribution in [-0.2, 0) is 0 Å². The molecule has 2 aromatic rings. The number of hydrogen-bond acceptors (Lipinski definition) is 8. The highest BCUT2D eigenvalue weighted by Gasteiger charge is 2.31. The lowest BCUT2D eigenvalue weighted by atomic mass is 9.88. The van der Waals surface area contributed by atoms with E-state index in [-0.39, 0.29) is 15.7 Å². The van der Waals surface area contributed by atoms with Crippen LogP contribution in [0.4, 0.5) is 21.5 Å². The first-order valence-corrected chi connectivity index (χ1v) is 9.30. The highest BCUT2D eigenvalue weighted by atomic mass is 32.1. The fourth-order valence-corrected chi connectivity index (χ4v) is 3.95. The van der Waals surface area contributed by atoms with Gasteiger partial charge in [-0.25, -0.2) is 4.98 Å². The van der Waals surface area contributed by atoms with Gasteiger partial charge in [-0.3, -0.25) is 10.1 Å². The molecule has 3 rings (SSSR count). The van der Waals surface area contributed by atoms with Crippen LogP contribution in [0.5, 0.6) is 5.75 Å². The number of allylic oxidation sites excluding steroid dienone is 1. The quantitative estimate of drug-likeness (QED) is 0.384. The van der Waals surface area contributed by atoms with Crippen molar-refractivity contribution >= 4 is 38.4 Å². The number of aromatic nitrogens is 1. The Labute approximate surface area is 161 Å². The molecule has 0 amide bonds. The van der Waals surface area contributed by atoms with Crippen LogP contribution in [0.1, 0.15) is 33.3 Å². The number of methoxy groups -OCH3 is 1. The van der Waals surface area contributed by atoms with Crippen LogP contribution in [0.3, 0.4) is 0 Å². The molecule has 0 fully saturated rings. The molecule has 0 N–H and O–H groups in total. The van der Waals surface area contributed by atoms with Crippen LogP contribution < -0.4 is 9.64 Å². The number of nitrogens with zero attached hydrogens (tertiary/aromatic N) is 5. The number of nitro groups is 1. The summed E-state index contributed by atoms with van der Waals surface area (Å²) in [6.07, 6.45) is 3.41. The van der Waals surface area contributed by atoms with Crippen LogP contribution in [0, 0.1) is 10.1 Å². The number of thiazole rings is 1. The Bertz CT molecular complexity index is 948. The first kappa shape index (κ1) is 19.0. The maximum absolute atomic E-state index is 10.8. The molecule has 2 heterocycles. The van der Waals surface area contributed by atoms with E-state index in [9.17, 15) is 10.1 Å². The maximum atomic E-state index is 10.8. The van der Waals surface area contributed by atoms with Gasteiger partial charge in [-0.05, 0) is 50.7 Å². The number of ether oxygens (including phenoxy) is 1. The molecule has 0 unspecified atom stereocenters. The van der Waals surface area contributed by atoms with Crippen LogP contribution in [0.25, 0.3) is 5.57 Å². The van der Waals surface area contributed by atoms with Crippen molar-refractivity contribution < 1.29 is 9.66 Å². The highest BCUT2D eigenvalue weighted by molar-refractivity contribution is 7.18. The molecular weight excluding hydrogens is 366 g/mol. The van der Waals surface area contributed by atoms with Gasteiger partial charge in [0.25, 0.3) is 0 Å². The molecule has 0 radical (unpaired) electrons. The molecule has 0 aliphatic carbocycles. The third-order valence-corrected chi connectivity index (χ3v) is 5.33. The molecule has 142 valence electrons. The van der Waals surface area contributed by atoms with Crippen LogP contribution in [0.15, 0.2) is 34.6 Å². The fraction of sp³-hybridized carbons (Fsp3) is 0.389. The molecule has 0 atom stereocenters. The van der Waals surface area contributed by atoms with E-state index in [1.54, 1.807) is 7.11 Å². The lowest BCUT2D eigenvalue weighted by Gasteiger charge is -2.43. The normalized spacial score (nSPS) is 15.6. The van der Waals surface area contributed by atoms with E-state index in [0.717, 1.165) is 34.7 Å². The summed E-state index contributed by atoms with van der Waals surface area (Å²) in [6.45, 7) is 9.41. The summed E-state index contributed by atoms with van der Waals surface area (Å²) in [5.41, 5.74) is 3.76. The molecule has 0 spiro atoms. The van der Waals surface area contributed by atoms with Gasteiger partial charge in [-0.2, -0.15) is 0 Å². The molecule has 9 heteroatoms. The average Bonchev–Trinajstić information content (AvgIpc) is 3.08. The van der Waals surface area contributed by atoms with Gasteiger partial charge >= 0.3 is 5.00 Å². The van der Waals surface area contributed by atoms with E-state index < -0.39 is 4.92 Å². The molecule has 27 heavy (non-hydrogen) atoms. The largest absolute Gasteiger partial charge is 0.494 e. The Morgan fingerprint density at radius 2 is 2.11 bits per heavy atom. The summed E-state index contributed by atoms with van der Waals surface area (Å²) in [5.74, 6) is 0.590. The molecule has 1 aromatic heterocycles. The van der Waals surface area contributed by atoms with Crippen LogP contribution in [0.2, 0.25) is 0 Å². The molecule has 1 aliphatic heterocycles. The van der Waals surface area contributed by atoms with Crippen molar-refractivity contribution in [1.29, 1.82) is 0 Å². The number of fused-ring (bicyclic) bond motifs is 1. The summed E-state index contributed by atoms with van der Waals surface area (Å²) in [4.78, 5) is 16.5. The van der Waals surface area contributed by atoms with Crippen molar-refractivity contribution in [2.24, 2.45) is 10.2 Å². The summed E-state index contributed by atoms with van der Waals surface area (Å²) in [5, 5.41) is 19.2. The Hall–Kier alpha value is -2.81. The Morgan fingerprint density at radius 3 is 2.70 bits per heavy atom. The molecule has 8 nitrogen and oxygen atoms in total. The lowest BCUT2D eigenvalue weighted by molar-refractivity contribution is -0.380. The zero-order valence-electron chi connectivity index (χ0n) is 15.9. The zero-order valence-corrected chi connectivity index (χ0v) is 16.7. The number of rotatable bonds is 5. The minimum absolute atomic E-state index is 0.0686. The Balaban J connectivity index is 2.04. The Morgan fingerprint density at radius 1 is 1.37 bits per heavy atom. The first-order valence-electron chi connectivity index (χ1n) is 8.48. The molecule has 0 saturated carbocycles. The van der Waals surface area contributed by atoms with Gasteiger partial charge in [0.1, 0.15) is 17.6 Å². The van der Waals surface area contributed by atoms with E-state index in [1.807, 2.05) is 12.1 Å². The van der Waals surface area contributed by atoms with Gasteiger partial charge in [0.2, 0.25) is 5.13 Å². The smallest absolute Gasteiger partial charge is 0.345 e. The highest BCUT2D eigenvalue weighted by Crippen LogP contribution is 2.44. The SMILES string of the molecule is CCN1c2cc(OC)c(N=Nc3ncc([N+](=O)[O-])s3)cc2C(C)=CC1(C)C. The predicted molar refractivity (Wildman–Crippen MR) is 107 cm³/mol. The fourth-order valence-electron chi connectivity index (χ4n) is 3.40. The van der Waals surface area contributed by atoms with Crippen LogP contribution in [-0.4, -0.2) is 29.1 Å². The topological polar surface area (TPSA) is 93.2 Å². The average molecular weight is 387 g/mol. The molecule has 0 bridgehead atoms. The van der Waals surface area contributed by atoms with Crippen molar-refractivity contribution in [3.8, 4) is 5.75 Å². The second-order valence-corrected chi connectivity index (χ2v) is 7.69. The van der Waals surface area contributed by atoms with Crippen molar-refractivity contribution in [3.63, 3.8) is 0 Å². The Kier molecular flexibility index (Phi) is 4.97. The zero-order chi connectivity index (χ0) is 19.8. The van der Waals surface area contributed by atoms with Gasteiger partial charge in [-0.1, -0.05) is 6.08 Å². The minimum atomic E-state index is -0.495. The first-order chi connectivity index (χ1) is 12.8. The van der Waals surface area contributed by atoms with Crippen molar-refractivity contribution in [1.82, 2.24) is 4.98 Å². The summed E-state index contributed by atoms with van der Waals surface area (Å²) < 4.78 is 5.51. The monoisotopic (exact) mass is 387 g/mol. The molecule has 1 aromatic carbocycles. The number of anilines is 1. The standard InChI is InChI=1S/C18H21N5O3S/c1-6-22-14-8-15(26-5)13(7-12(14)11(2)9-18(22,3)4)20-21-17-19-10-16(27-17)23(24)25/h7-10H,6H2,1-5H3. The second-order valence-electron chi connectivity index (χ2n) is 6.70. The van der Waals surface area contributed by atoms with Gasteiger partial charge in [0.15, 0.2) is 0 Å². The van der Waals surface area contributed by atoms with Crippen molar-refractivity contribution in [2.45, 2.75) is 33.2 Å². The van der Waals surface area contributed by atoms with Crippen LogP contribution >= 0.6 is 11.3 Å². The van der Waals surface area contributed by atoms with Crippen molar-refractivity contribution in [3.05, 3.63) is 40.1 Å². The third kappa shape index (κ3) is 3.55. The minimum Gasteiger partial charge on any atom is -0.494 e. The van der Waals surface area contributed by atoms with Gasteiger partial charge in [0.05, 0.1) is 17.6 Å². The van der Waals surface area contributed by atoms with E-state index >= 15 is 0 Å². The van der Waals surface area contributed by atoms with Crippen molar-refractivity contribution in [2.75, 3.05) is 18.6 Å². The maximum Gasteiger partial charge on any atom is 0.345 e. The number of azo groups is 1. The van der Waals surface area contributed by atoms with E-state index in [4.69, 9.17) is 4.74 Å². The summed E-state index contributed by atoms with van der Waals surface area (Å²) >= 11 is 0.876. The van der Waals surface area contributed by atoms with E-state index in [2.05, 4.69) is 53.9 Å². The summed E-state index contributed by atoms with van der Waals surface area (Å²) in [7, 11) is 1.59. The molecule has 0 saturated heterocycles. The number of likely N-dealkylation sites (N-methyl/N-ethyl adjacent to an activating group) is 1. The number of hydrogen-bond donors (Lipinski definition) is 0. The lowest BCUT2D eigenvalue weighted by Crippen LogP contribution is -2.44. The third-order valence-electron chi connectivity index (χ3n) is 4.50. The summed E-state index contributed by atoms with van der Waals surface area (Å²) in [6, 6.07) is 3.90. The van der Waals surface area contributed by atoms with Gasteiger partial charge < -0.3 is 9.64 Å². The van der Waals surface area contributed by atoms with Gasteiger partial charge in [-0.15, -0.1) is 10.2 Å². The van der Waals surface area contributed by atoms with E-state index in [0.29, 0.717) is 11.4 Å². The predicted octanol–water partition coefficient (Wildman–Crippen LogP) is 5.50. The van der Waals surface area contributed by atoms with E-state index in [1.165, 1.54) is 6.20 Å². The second kappa shape index (κ2) is 7.07. The number of benzene rings is 1. The molecule has 1 aliphatic rings.